The number of anilines is 1. The lowest BCUT2D eigenvalue weighted by Gasteiger charge is -2.22. The van der Waals surface area contributed by atoms with E-state index in [2.05, 4.69) is 21.1 Å². The normalized spacial score (nSPS) is 15.2. The van der Waals surface area contributed by atoms with Gasteiger partial charge in [-0.1, -0.05) is 18.2 Å². The molecule has 0 saturated carbocycles. The Morgan fingerprint density at radius 2 is 1.90 bits per heavy atom. The fourth-order valence-electron chi connectivity index (χ4n) is 1.79. The molecule has 0 aromatic heterocycles. The summed E-state index contributed by atoms with van der Waals surface area (Å²) in [6, 6.07) is 8.85. The first-order valence-corrected chi connectivity index (χ1v) is 6.45. The number of hydrogen-bond acceptors (Lipinski definition) is 4. The number of nitrogens with one attached hydrogen (secondary N) is 3. The highest BCUT2D eigenvalue weighted by atomic mass is 16.2. The zero-order valence-electron chi connectivity index (χ0n) is 11.3. The van der Waals surface area contributed by atoms with Gasteiger partial charge >= 0.3 is 11.8 Å². The summed E-state index contributed by atoms with van der Waals surface area (Å²) < 4.78 is 0. The van der Waals surface area contributed by atoms with Gasteiger partial charge in [-0.2, -0.15) is 0 Å². The van der Waals surface area contributed by atoms with Gasteiger partial charge in [0, 0.05) is 30.9 Å². The summed E-state index contributed by atoms with van der Waals surface area (Å²) in [7, 11) is 2.03. The average molecular weight is 274 g/mol. The molecule has 6 nitrogen and oxygen atoms in total. The van der Waals surface area contributed by atoms with Crippen LogP contribution < -0.4 is 16.2 Å². The summed E-state index contributed by atoms with van der Waals surface area (Å²) in [5.74, 6) is -1.41. The molecule has 0 aliphatic carbocycles. The molecule has 0 spiro atoms. The maximum absolute atomic E-state index is 11.6. The van der Waals surface area contributed by atoms with Crippen molar-refractivity contribution < 1.29 is 9.59 Å². The van der Waals surface area contributed by atoms with Gasteiger partial charge in [-0.15, -0.1) is 0 Å². The van der Waals surface area contributed by atoms with Crippen molar-refractivity contribution in [2.45, 2.75) is 6.42 Å². The second-order valence-electron chi connectivity index (χ2n) is 4.64. The Hall–Kier alpha value is -2.34. The minimum absolute atomic E-state index is 0.589. The van der Waals surface area contributed by atoms with Gasteiger partial charge < -0.3 is 15.6 Å². The fourth-order valence-corrected chi connectivity index (χ4v) is 1.79. The molecule has 6 heteroatoms. The lowest BCUT2D eigenvalue weighted by Crippen LogP contribution is -2.44. The lowest BCUT2D eigenvalue weighted by molar-refractivity contribution is -0.136. The quantitative estimate of drug-likeness (QED) is 0.553. The molecule has 20 heavy (non-hydrogen) atoms. The Labute approximate surface area is 117 Å². The summed E-state index contributed by atoms with van der Waals surface area (Å²) in [5, 5.41) is 2.52. The van der Waals surface area contributed by atoms with Crippen molar-refractivity contribution >= 4 is 17.5 Å². The molecule has 0 bridgehead atoms. The van der Waals surface area contributed by atoms with Gasteiger partial charge in [0.15, 0.2) is 0 Å². The molecule has 0 unspecified atom stereocenters. The van der Waals surface area contributed by atoms with E-state index >= 15 is 0 Å². The van der Waals surface area contributed by atoms with Crippen LogP contribution in [-0.2, 0) is 9.59 Å². The smallest absolute Gasteiger partial charge is 0.318 e. The number of carbonyl (C=O) groups excluding carboxylic acids is 2. The molecule has 0 radical (unpaired) electrons. The van der Waals surface area contributed by atoms with Crippen LogP contribution in [0, 0.1) is 0 Å². The second-order valence-corrected chi connectivity index (χ2v) is 4.64. The van der Waals surface area contributed by atoms with Gasteiger partial charge in [0.1, 0.15) is 0 Å². The van der Waals surface area contributed by atoms with Crippen LogP contribution in [0.15, 0.2) is 42.1 Å². The molecule has 1 aromatic carbocycles. The summed E-state index contributed by atoms with van der Waals surface area (Å²) >= 11 is 0. The van der Waals surface area contributed by atoms with E-state index in [-0.39, 0.29) is 0 Å². The average Bonchev–Trinajstić information content (AvgIpc) is 2.47. The third-order valence-electron chi connectivity index (χ3n) is 2.99. The highest BCUT2D eigenvalue weighted by Gasteiger charge is 2.14. The number of nitrogens with zero attached hydrogens (tertiary/aromatic N) is 1. The van der Waals surface area contributed by atoms with Crippen LogP contribution in [0.4, 0.5) is 5.69 Å². The highest BCUT2D eigenvalue weighted by molar-refractivity contribution is 6.39. The Balaban J connectivity index is 1.78. The maximum atomic E-state index is 11.6. The Kier molecular flexibility index (Phi) is 4.73. The molecule has 1 aliphatic heterocycles. The van der Waals surface area contributed by atoms with E-state index in [9.17, 15) is 9.59 Å². The van der Waals surface area contributed by atoms with Gasteiger partial charge in [0.2, 0.25) is 0 Å². The Morgan fingerprint density at radius 1 is 1.15 bits per heavy atom. The van der Waals surface area contributed by atoms with E-state index in [1.807, 2.05) is 19.2 Å². The molecule has 1 aliphatic rings. The highest BCUT2D eigenvalue weighted by Crippen LogP contribution is 2.05. The first-order chi connectivity index (χ1) is 9.65. The van der Waals surface area contributed by atoms with Crippen LogP contribution in [0.2, 0.25) is 0 Å². The molecule has 2 amide bonds. The van der Waals surface area contributed by atoms with Crippen molar-refractivity contribution in [3.8, 4) is 0 Å². The molecule has 3 N–H and O–H groups in total. The largest absolute Gasteiger partial charge is 0.327 e. The predicted molar refractivity (Wildman–Crippen MR) is 76.5 cm³/mol. The summed E-state index contributed by atoms with van der Waals surface area (Å²) in [6.45, 7) is 1.75. The maximum Gasteiger partial charge on any atom is 0.327 e. The first kappa shape index (κ1) is 14.1. The van der Waals surface area contributed by atoms with Crippen LogP contribution in [0.1, 0.15) is 6.42 Å². The number of carbonyl (C=O) groups is 2. The fraction of sp³-hybridized carbons (Fsp3) is 0.286. The third kappa shape index (κ3) is 4.10. The number of rotatable bonds is 3. The number of hydrogen-bond donors (Lipinski definition) is 3. The van der Waals surface area contributed by atoms with E-state index in [4.69, 9.17) is 0 Å². The van der Waals surface area contributed by atoms with Gasteiger partial charge in [0.05, 0.1) is 0 Å². The molecule has 0 atom stereocenters. The van der Waals surface area contributed by atoms with Gasteiger partial charge in [-0.25, -0.2) is 0 Å². The Morgan fingerprint density at radius 3 is 2.55 bits per heavy atom. The number of benzene rings is 1. The molecule has 1 aromatic rings. The van der Waals surface area contributed by atoms with Crippen LogP contribution >= 0.6 is 0 Å². The van der Waals surface area contributed by atoms with Crippen molar-refractivity contribution in [1.82, 2.24) is 15.8 Å². The number of para-hydroxylation sites is 1. The monoisotopic (exact) mass is 274 g/mol. The van der Waals surface area contributed by atoms with Gasteiger partial charge in [-0.05, 0) is 25.3 Å². The number of amides is 2. The summed E-state index contributed by atoms with van der Waals surface area (Å²) in [5.41, 5.74) is 6.69. The number of likely N-dealkylation sites (N-methyl/N-ethyl adjacent to an activating group) is 1. The first-order valence-electron chi connectivity index (χ1n) is 6.45. The number of hydrazine groups is 1. The summed E-state index contributed by atoms with van der Waals surface area (Å²) in [6.07, 6.45) is 2.80. The standard InChI is InChI=1S/C14H18N4O2/c1-18-9-7-12(8-10-18)16-17-14(20)13(19)15-11-5-3-2-4-6-11/h2-7,16H,8-10H2,1H3,(H,15,19)(H,17,20). The van der Waals surface area contributed by atoms with E-state index in [0.29, 0.717) is 5.69 Å². The zero-order chi connectivity index (χ0) is 14.4. The van der Waals surface area contributed by atoms with Gasteiger partial charge in [-0.3, -0.25) is 15.0 Å². The summed E-state index contributed by atoms with van der Waals surface area (Å²) in [4.78, 5) is 25.4. The van der Waals surface area contributed by atoms with Crippen molar-refractivity contribution in [2.75, 3.05) is 25.5 Å². The molecule has 2 rings (SSSR count). The van der Waals surface area contributed by atoms with Crippen LogP contribution in [-0.4, -0.2) is 36.9 Å². The van der Waals surface area contributed by atoms with Gasteiger partial charge in [0.25, 0.3) is 0 Å². The molecule has 0 fully saturated rings. The van der Waals surface area contributed by atoms with E-state index < -0.39 is 11.8 Å². The second kappa shape index (κ2) is 6.72. The van der Waals surface area contributed by atoms with E-state index in [1.54, 1.807) is 24.3 Å². The van der Waals surface area contributed by atoms with Crippen LogP contribution in [0.5, 0.6) is 0 Å². The van der Waals surface area contributed by atoms with E-state index in [0.717, 1.165) is 25.2 Å². The molecule has 1 heterocycles. The van der Waals surface area contributed by atoms with Crippen molar-refractivity contribution in [2.24, 2.45) is 0 Å². The lowest BCUT2D eigenvalue weighted by atomic mass is 10.2. The van der Waals surface area contributed by atoms with Crippen LogP contribution in [0.3, 0.4) is 0 Å². The molecule has 106 valence electrons. The van der Waals surface area contributed by atoms with Crippen molar-refractivity contribution in [3.05, 3.63) is 42.1 Å². The minimum atomic E-state index is -0.714. The van der Waals surface area contributed by atoms with Crippen LogP contribution in [0.25, 0.3) is 0 Å². The van der Waals surface area contributed by atoms with E-state index in [1.165, 1.54) is 0 Å². The zero-order valence-corrected chi connectivity index (χ0v) is 11.3. The van der Waals surface area contributed by atoms with Crippen molar-refractivity contribution in [3.63, 3.8) is 0 Å². The molecule has 0 saturated heterocycles. The van der Waals surface area contributed by atoms with Crippen molar-refractivity contribution in [1.29, 1.82) is 0 Å². The molecular weight excluding hydrogens is 256 g/mol. The topological polar surface area (TPSA) is 73.5 Å². The molecular formula is C14H18N4O2. The third-order valence-corrected chi connectivity index (χ3v) is 2.99. The Bertz CT molecular complexity index is 513. The minimum Gasteiger partial charge on any atom is -0.318 e. The predicted octanol–water partition coefficient (Wildman–Crippen LogP) is 0.465. The SMILES string of the molecule is CN1CC=C(NNC(=O)C(=O)Nc2ccccc2)CC1.